The van der Waals surface area contributed by atoms with Crippen molar-refractivity contribution in [2.45, 2.75) is 58.1 Å². The summed E-state index contributed by atoms with van der Waals surface area (Å²) in [6, 6.07) is 9.77. The van der Waals surface area contributed by atoms with Crippen LogP contribution in [0.3, 0.4) is 0 Å². The lowest BCUT2D eigenvalue weighted by atomic mass is 9.47. The number of benzene rings is 1. The number of aliphatic hydroxyl groups excluding tert-OH is 2. The molecule has 0 spiro atoms. The van der Waals surface area contributed by atoms with Crippen molar-refractivity contribution in [1.82, 2.24) is 10.3 Å². The highest BCUT2D eigenvalue weighted by Crippen LogP contribution is 2.62. The van der Waals surface area contributed by atoms with E-state index in [4.69, 9.17) is 9.72 Å². The second-order valence-corrected chi connectivity index (χ2v) is 11.4. The number of nitrogens with zero attached hydrogens (tertiary/aromatic N) is 1. The van der Waals surface area contributed by atoms with Crippen LogP contribution >= 0.6 is 11.3 Å². The van der Waals surface area contributed by atoms with E-state index in [-0.39, 0.29) is 48.7 Å². The maximum absolute atomic E-state index is 13.2. The van der Waals surface area contributed by atoms with Gasteiger partial charge in [0.25, 0.3) is 5.91 Å². The number of hydrogen-bond acceptors (Lipinski definition) is 7. The lowest BCUT2D eigenvalue weighted by Crippen LogP contribution is -2.57. The number of thiazole rings is 1. The van der Waals surface area contributed by atoms with E-state index in [0.29, 0.717) is 24.5 Å². The monoisotopic (exact) mass is 501 g/mol. The van der Waals surface area contributed by atoms with Crippen LogP contribution in [0.2, 0.25) is 0 Å². The van der Waals surface area contributed by atoms with E-state index in [1.807, 2.05) is 37.3 Å². The molecule has 0 unspecified atom stereocenters. The van der Waals surface area contributed by atoms with Crippen molar-refractivity contribution in [3.63, 3.8) is 0 Å². The molecule has 2 aliphatic rings. The highest BCUT2D eigenvalue weighted by molar-refractivity contribution is 7.15. The third-order valence-corrected chi connectivity index (χ3v) is 9.15. The van der Waals surface area contributed by atoms with Crippen molar-refractivity contribution in [2.75, 3.05) is 25.6 Å². The molecule has 9 heteroatoms. The summed E-state index contributed by atoms with van der Waals surface area (Å²) in [6.45, 7) is 4.36. The second kappa shape index (κ2) is 10.3. The molecule has 5 atom stereocenters. The van der Waals surface area contributed by atoms with Crippen LogP contribution in [0.1, 0.15) is 55.2 Å². The second-order valence-electron chi connectivity index (χ2n) is 10.3. The van der Waals surface area contributed by atoms with Gasteiger partial charge < -0.3 is 20.3 Å². The van der Waals surface area contributed by atoms with Crippen molar-refractivity contribution in [3.8, 4) is 0 Å². The van der Waals surface area contributed by atoms with Crippen LogP contribution in [0.15, 0.2) is 30.3 Å². The van der Waals surface area contributed by atoms with E-state index in [0.717, 1.165) is 22.6 Å². The van der Waals surface area contributed by atoms with E-state index < -0.39 is 11.5 Å². The predicted molar refractivity (Wildman–Crippen MR) is 134 cm³/mol. The fourth-order valence-electron chi connectivity index (χ4n) is 6.04. The van der Waals surface area contributed by atoms with E-state index >= 15 is 0 Å². The highest BCUT2D eigenvalue weighted by atomic mass is 32.1. The number of carbonyl (C=O) groups is 2. The minimum atomic E-state index is -0.688. The van der Waals surface area contributed by atoms with Crippen LogP contribution in [0, 0.1) is 16.7 Å². The molecule has 0 radical (unpaired) electrons. The Balaban J connectivity index is 1.64. The van der Waals surface area contributed by atoms with Crippen molar-refractivity contribution >= 4 is 28.3 Å². The largest absolute Gasteiger partial charge is 0.396 e. The number of carbonyl (C=O) groups excluding carboxylic acids is 2. The smallest absolute Gasteiger partial charge is 0.252 e. The summed E-state index contributed by atoms with van der Waals surface area (Å²) >= 11 is 1.40. The molecule has 1 aromatic carbocycles. The van der Waals surface area contributed by atoms with Gasteiger partial charge in [0.1, 0.15) is 6.61 Å². The lowest BCUT2D eigenvalue weighted by molar-refractivity contribution is -0.144. The Labute approximate surface area is 210 Å². The fourth-order valence-corrected chi connectivity index (χ4v) is 7.12. The zero-order valence-electron chi connectivity index (χ0n) is 20.5. The van der Waals surface area contributed by atoms with Gasteiger partial charge >= 0.3 is 0 Å². The summed E-state index contributed by atoms with van der Waals surface area (Å²) in [7, 11) is 1.46. The first-order valence-electron chi connectivity index (χ1n) is 12.1. The van der Waals surface area contributed by atoms with Gasteiger partial charge in [0.15, 0.2) is 5.13 Å². The first kappa shape index (κ1) is 25.8. The number of ether oxygens (including phenoxy) is 1. The number of rotatable bonds is 8. The van der Waals surface area contributed by atoms with Crippen molar-refractivity contribution in [1.29, 1.82) is 0 Å². The molecule has 1 saturated carbocycles. The molecule has 8 nitrogen and oxygen atoms in total. The zero-order valence-corrected chi connectivity index (χ0v) is 21.4. The minimum Gasteiger partial charge on any atom is -0.396 e. The molecular weight excluding hydrogens is 466 g/mol. The van der Waals surface area contributed by atoms with Gasteiger partial charge in [0.05, 0.1) is 18.4 Å². The molecule has 2 amide bonds. The summed E-state index contributed by atoms with van der Waals surface area (Å²) in [4.78, 5) is 31.0. The van der Waals surface area contributed by atoms with E-state index in [9.17, 15) is 19.8 Å². The van der Waals surface area contributed by atoms with Crippen LogP contribution in [-0.2, 0) is 27.3 Å². The van der Waals surface area contributed by atoms with Crippen LogP contribution in [0.5, 0.6) is 0 Å². The SMILES string of the molecule is COCC(=O)Nc1nc2c(s1)C[C@@H]1[C@](C)(CO)[C@H](O)CC[C@@]1(C)[C@@H]2CC(=O)NCc1ccccc1. The number of aliphatic hydroxyl groups is 2. The Morgan fingerprint density at radius 1 is 1.23 bits per heavy atom. The molecule has 4 rings (SSSR count). The van der Waals surface area contributed by atoms with Crippen molar-refractivity contribution in [3.05, 3.63) is 46.5 Å². The summed E-state index contributed by atoms with van der Waals surface area (Å²) in [5.74, 6) is -0.586. The standard InChI is InChI=1S/C26H35N3O5S/c1-25-10-9-20(31)26(2,15-30)19(25)12-18-23(29-24(35-18)28-22(33)14-34-3)17(25)11-21(32)27-13-16-7-5-4-6-8-16/h4-8,17,19-20,30-31H,9-15H2,1-3H3,(H,27,32)(H,28,29,33)/t17-,19+,20-,25+,26+/m1/s1. The molecule has 35 heavy (non-hydrogen) atoms. The quantitative estimate of drug-likeness (QED) is 0.441. The third-order valence-electron chi connectivity index (χ3n) is 8.14. The number of aromatic nitrogens is 1. The summed E-state index contributed by atoms with van der Waals surface area (Å²) in [5, 5.41) is 27.6. The van der Waals surface area contributed by atoms with E-state index in [1.165, 1.54) is 18.4 Å². The summed E-state index contributed by atoms with van der Waals surface area (Å²) < 4.78 is 4.92. The normalized spacial score (nSPS) is 29.7. The number of anilines is 1. The molecular formula is C26H35N3O5S. The van der Waals surface area contributed by atoms with E-state index in [1.54, 1.807) is 0 Å². The van der Waals surface area contributed by atoms with Crippen molar-refractivity contribution < 1.29 is 24.5 Å². The highest BCUT2D eigenvalue weighted by Gasteiger charge is 2.59. The Morgan fingerprint density at radius 2 is 1.97 bits per heavy atom. The molecule has 0 aliphatic heterocycles. The predicted octanol–water partition coefficient (Wildman–Crippen LogP) is 2.85. The maximum atomic E-state index is 13.2. The number of hydrogen-bond donors (Lipinski definition) is 4. The number of nitrogens with one attached hydrogen (secondary N) is 2. The molecule has 2 aromatic rings. The minimum absolute atomic E-state index is 0.0360. The Hall–Kier alpha value is -2.33. The Kier molecular flexibility index (Phi) is 7.61. The average Bonchev–Trinajstić information content (AvgIpc) is 3.24. The first-order chi connectivity index (χ1) is 16.7. The molecule has 0 saturated heterocycles. The molecule has 1 aromatic heterocycles. The van der Waals surface area contributed by atoms with Gasteiger partial charge in [-0.15, -0.1) is 11.3 Å². The molecule has 2 aliphatic carbocycles. The van der Waals surface area contributed by atoms with Gasteiger partial charge in [0, 0.05) is 36.3 Å². The van der Waals surface area contributed by atoms with Crippen LogP contribution in [0.25, 0.3) is 0 Å². The Bertz CT molecular complexity index is 1060. The third kappa shape index (κ3) is 5.00. The van der Waals surface area contributed by atoms with Crippen LogP contribution < -0.4 is 10.6 Å². The van der Waals surface area contributed by atoms with Crippen LogP contribution in [0.4, 0.5) is 5.13 Å². The van der Waals surface area contributed by atoms with Gasteiger partial charge in [-0.05, 0) is 36.2 Å². The van der Waals surface area contributed by atoms with Gasteiger partial charge in [-0.1, -0.05) is 44.2 Å². The van der Waals surface area contributed by atoms with Gasteiger partial charge in [-0.3, -0.25) is 14.9 Å². The van der Waals surface area contributed by atoms with Gasteiger partial charge in [-0.25, -0.2) is 4.98 Å². The van der Waals surface area contributed by atoms with Crippen LogP contribution in [-0.4, -0.2) is 53.4 Å². The fraction of sp³-hybridized carbons (Fsp3) is 0.577. The Morgan fingerprint density at radius 3 is 2.66 bits per heavy atom. The number of methoxy groups -OCH3 is 1. The number of amides is 2. The van der Waals surface area contributed by atoms with Crippen molar-refractivity contribution in [2.24, 2.45) is 16.7 Å². The summed E-state index contributed by atoms with van der Waals surface area (Å²) in [5.41, 5.74) is 0.843. The average molecular weight is 502 g/mol. The molecule has 0 bridgehead atoms. The molecule has 190 valence electrons. The first-order valence-corrected chi connectivity index (χ1v) is 12.9. The zero-order chi connectivity index (χ0) is 25.2. The molecule has 1 fully saturated rings. The molecule has 4 N–H and O–H groups in total. The van der Waals surface area contributed by atoms with E-state index in [2.05, 4.69) is 17.6 Å². The van der Waals surface area contributed by atoms with Gasteiger partial charge in [-0.2, -0.15) is 0 Å². The lowest BCUT2D eigenvalue weighted by Gasteiger charge is -2.58. The molecule has 1 heterocycles. The topological polar surface area (TPSA) is 121 Å². The maximum Gasteiger partial charge on any atom is 0.252 e. The van der Waals surface area contributed by atoms with Gasteiger partial charge in [0.2, 0.25) is 5.91 Å². The number of fused-ring (bicyclic) bond motifs is 2. The summed E-state index contributed by atoms with van der Waals surface area (Å²) in [6.07, 6.45) is 1.56.